The fraction of sp³-hybridized carbons (Fsp3) is 0.385. The van der Waals surface area contributed by atoms with Crippen molar-refractivity contribution in [3.8, 4) is 0 Å². The second kappa shape index (κ2) is 5.45. The molecule has 2 aromatic rings. The SMILES string of the molecule is CCCNS(=O)(=O)c1ccc2c(c1)n(C)c(=O)c(=O)n2C. The maximum atomic E-state index is 12.1. The number of sulfonamides is 1. The Morgan fingerprint density at radius 3 is 2.19 bits per heavy atom. The topological polar surface area (TPSA) is 90.2 Å². The molecule has 0 aliphatic rings. The van der Waals surface area contributed by atoms with E-state index < -0.39 is 21.1 Å². The van der Waals surface area contributed by atoms with Crippen molar-refractivity contribution in [3.05, 3.63) is 38.9 Å². The molecule has 114 valence electrons. The summed E-state index contributed by atoms with van der Waals surface area (Å²) in [6, 6.07) is 4.34. The summed E-state index contributed by atoms with van der Waals surface area (Å²) >= 11 is 0. The Kier molecular flexibility index (Phi) is 4.02. The first-order valence-electron chi connectivity index (χ1n) is 6.49. The van der Waals surface area contributed by atoms with Gasteiger partial charge in [0.05, 0.1) is 15.9 Å². The Hall–Kier alpha value is -1.93. The first kappa shape index (κ1) is 15.5. The molecule has 0 bridgehead atoms. The highest BCUT2D eigenvalue weighted by atomic mass is 32.2. The Bertz CT molecular complexity index is 909. The average molecular weight is 311 g/mol. The van der Waals surface area contributed by atoms with E-state index >= 15 is 0 Å². The van der Waals surface area contributed by atoms with Gasteiger partial charge in [-0.15, -0.1) is 0 Å². The molecule has 0 unspecified atom stereocenters. The van der Waals surface area contributed by atoms with Crippen LogP contribution in [-0.4, -0.2) is 24.1 Å². The van der Waals surface area contributed by atoms with Gasteiger partial charge in [0.2, 0.25) is 10.0 Å². The third-order valence-electron chi connectivity index (χ3n) is 3.31. The van der Waals surface area contributed by atoms with Crippen LogP contribution in [0, 0.1) is 0 Å². The van der Waals surface area contributed by atoms with E-state index in [1.54, 1.807) is 0 Å². The van der Waals surface area contributed by atoms with Crippen LogP contribution in [0.5, 0.6) is 0 Å². The Labute approximate surface area is 121 Å². The van der Waals surface area contributed by atoms with Crippen LogP contribution in [0.1, 0.15) is 13.3 Å². The molecule has 21 heavy (non-hydrogen) atoms. The Morgan fingerprint density at radius 1 is 1.05 bits per heavy atom. The summed E-state index contributed by atoms with van der Waals surface area (Å²) in [7, 11) is -0.691. The van der Waals surface area contributed by atoms with E-state index in [2.05, 4.69) is 4.72 Å². The minimum atomic E-state index is -3.62. The van der Waals surface area contributed by atoms with Gasteiger partial charge in [-0.2, -0.15) is 0 Å². The van der Waals surface area contributed by atoms with Gasteiger partial charge in [0.25, 0.3) is 0 Å². The maximum Gasteiger partial charge on any atom is 0.316 e. The van der Waals surface area contributed by atoms with E-state index in [1.807, 2.05) is 6.92 Å². The lowest BCUT2D eigenvalue weighted by molar-refractivity contribution is 0.581. The predicted molar refractivity (Wildman–Crippen MR) is 79.9 cm³/mol. The van der Waals surface area contributed by atoms with Crippen LogP contribution in [0.15, 0.2) is 32.7 Å². The van der Waals surface area contributed by atoms with Crippen LogP contribution in [-0.2, 0) is 24.1 Å². The minimum absolute atomic E-state index is 0.0668. The second-order valence-electron chi connectivity index (χ2n) is 4.78. The summed E-state index contributed by atoms with van der Waals surface area (Å²) in [5.41, 5.74) is -0.455. The third kappa shape index (κ3) is 2.64. The molecule has 0 saturated carbocycles. The van der Waals surface area contributed by atoms with Crippen molar-refractivity contribution in [1.29, 1.82) is 0 Å². The van der Waals surface area contributed by atoms with Crippen molar-refractivity contribution in [1.82, 2.24) is 13.9 Å². The van der Waals surface area contributed by atoms with Gasteiger partial charge in [-0.1, -0.05) is 6.92 Å². The lowest BCUT2D eigenvalue weighted by Crippen LogP contribution is -2.39. The van der Waals surface area contributed by atoms with Crippen LogP contribution in [0.4, 0.5) is 0 Å². The summed E-state index contributed by atoms with van der Waals surface area (Å²) < 4.78 is 29.1. The quantitative estimate of drug-likeness (QED) is 0.800. The summed E-state index contributed by atoms with van der Waals surface area (Å²) in [6.45, 7) is 2.20. The molecule has 2 rings (SSSR count). The first-order valence-corrected chi connectivity index (χ1v) is 7.97. The number of nitrogens with one attached hydrogen (secondary N) is 1. The zero-order chi connectivity index (χ0) is 15.8. The molecule has 0 saturated heterocycles. The lowest BCUT2D eigenvalue weighted by atomic mass is 10.3. The zero-order valence-electron chi connectivity index (χ0n) is 12.1. The van der Waals surface area contributed by atoms with E-state index in [1.165, 1.54) is 36.9 Å². The van der Waals surface area contributed by atoms with E-state index in [4.69, 9.17) is 0 Å². The molecule has 0 radical (unpaired) electrons. The van der Waals surface area contributed by atoms with Crippen molar-refractivity contribution in [2.45, 2.75) is 18.2 Å². The van der Waals surface area contributed by atoms with Gasteiger partial charge in [-0.05, 0) is 24.6 Å². The van der Waals surface area contributed by atoms with Gasteiger partial charge < -0.3 is 9.13 Å². The molecule has 8 heteroatoms. The molecule has 7 nitrogen and oxygen atoms in total. The van der Waals surface area contributed by atoms with Gasteiger partial charge in [0.1, 0.15) is 0 Å². The van der Waals surface area contributed by atoms with Crippen molar-refractivity contribution in [2.75, 3.05) is 6.54 Å². The van der Waals surface area contributed by atoms with E-state index in [0.29, 0.717) is 24.0 Å². The summed E-state index contributed by atoms with van der Waals surface area (Å²) in [6.07, 6.45) is 0.680. The molecule has 0 aliphatic carbocycles. The molecular formula is C13H17N3O4S. The molecule has 1 N–H and O–H groups in total. The van der Waals surface area contributed by atoms with Crippen molar-refractivity contribution >= 4 is 21.1 Å². The Morgan fingerprint density at radius 2 is 1.62 bits per heavy atom. The number of rotatable bonds is 4. The standard InChI is InChI=1S/C13H17N3O4S/c1-4-7-14-21(19,20)9-5-6-10-11(8-9)16(3)13(18)12(17)15(10)2/h5-6,8,14H,4,7H2,1-3H3. The lowest BCUT2D eigenvalue weighted by Gasteiger charge is -2.11. The summed E-state index contributed by atoms with van der Waals surface area (Å²) in [5.74, 6) is 0. The monoisotopic (exact) mass is 311 g/mol. The fourth-order valence-electron chi connectivity index (χ4n) is 2.05. The molecule has 0 spiro atoms. The normalized spacial score (nSPS) is 12.0. The maximum absolute atomic E-state index is 12.1. The second-order valence-corrected chi connectivity index (χ2v) is 6.54. The molecular weight excluding hydrogens is 294 g/mol. The fourth-order valence-corrected chi connectivity index (χ4v) is 3.20. The summed E-state index contributed by atoms with van der Waals surface area (Å²) in [5, 5.41) is 0. The smallest absolute Gasteiger partial charge is 0.305 e. The van der Waals surface area contributed by atoms with Crippen LogP contribution >= 0.6 is 0 Å². The molecule has 1 aromatic carbocycles. The number of aromatic nitrogens is 2. The van der Waals surface area contributed by atoms with Crippen LogP contribution in [0.3, 0.4) is 0 Å². The van der Waals surface area contributed by atoms with Gasteiger partial charge in [-0.3, -0.25) is 9.59 Å². The van der Waals surface area contributed by atoms with Crippen LogP contribution in [0.2, 0.25) is 0 Å². The van der Waals surface area contributed by atoms with Crippen molar-refractivity contribution < 1.29 is 8.42 Å². The van der Waals surface area contributed by atoms with Gasteiger partial charge >= 0.3 is 11.1 Å². The first-order chi connectivity index (χ1) is 9.79. The summed E-state index contributed by atoms with van der Waals surface area (Å²) in [4.78, 5) is 23.6. The number of nitrogens with zero attached hydrogens (tertiary/aromatic N) is 2. The van der Waals surface area contributed by atoms with E-state index in [9.17, 15) is 18.0 Å². The predicted octanol–water partition coefficient (Wildman–Crippen LogP) is -0.0745. The van der Waals surface area contributed by atoms with Crippen molar-refractivity contribution in [2.24, 2.45) is 14.1 Å². The number of hydrogen-bond donors (Lipinski definition) is 1. The van der Waals surface area contributed by atoms with Crippen LogP contribution in [0.25, 0.3) is 11.0 Å². The molecule has 1 heterocycles. The molecule has 0 aliphatic heterocycles. The van der Waals surface area contributed by atoms with Gasteiger partial charge in [0, 0.05) is 20.6 Å². The van der Waals surface area contributed by atoms with Crippen molar-refractivity contribution in [3.63, 3.8) is 0 Å². The van der Waals surface area contributed by atoms with Crippen LogP contribution < -0.4 is 15.8 Å². The Balaban J connectivity index is 2.74. The number of fused-ring (bicyclic) bond motifs is 1. The largest absolute Gasteiger partial charge is 0.316 e. The van der Waals surface area contributed by atoms with E-state index in [0.717, 1.165) is 4.57 Å². The van der Waals surface area contributed by atoms with Gasteiger partial charge in [-0.25, -0.2) is 13.1 Å². The van der Waals surface area contributed by atoms with E-state index in [-0.39, 0.29) is 4.90 Å². The average Bonchev–Trinajstić information content (AvgIpc) is 2.48. The highest BCUT2D eigenvalue weighted by molar-refractivity contribution is 7.89. The minimum Gasteiger partial charge on any atom is -0.305 e. The number of hydrogen-bond acceptors (Lipinski definition) is 4. The molecule has 1 aromatic heterocycles. The highest BCUT2D eigenvalue weighted by Gasteiger charge is 2.16. The molecule has 0 atom stereocenters. The number of aryl methyl sites for hydroxylation is 2. The molecule has 0 amide bonds. The molecule has 0 fully saturated rings. The number of benzene rings is 1. The van der Waals surface area contributed by atoms with Gasteiger partial charge in [0.15, 0.2) is 0 Å². The third-order valence-corrected chi connectivity index (χ3v) is 4.77. The highest BCUT2D eigenvalue weighted by Crippen LogP contribution is 2.16. The zero-order valence-corrected chi connectivity index (χ0v) is 12.9.